The van der Waals surface area contributed by atoms with Gasteiger partial charge in [-0.25, -0.2) is 0 Å². The predicted molar refractivity (Wildman–Crippen MR) is 85.8 cm³/mol. The average Bonchev–Trinajstić information content (AvgIpc) is 2.79. The molecule has 0 radical (unpaired) electrons. The normalized spacial score (nSPS) is 14.8. The number of aromatic nitrogens is 2. The Morgan fingerprint density at radius 3 is 2.67 bits per heavy atom. The van der Waals surface area contributed by atoms with Crippen molar-refractivity contribution in [2.75, 3.05) is 6.61 Å². The average molecular weight is 290 g/mol. The Morgan fingerprint density at radius 1 is 1.33 bits per heavy atom. The summed E-state index contributed by atoms with van der Waals surface area (Å²) in [6.07, 6.45) is 0.821. The van der Waals surface area contributed by atoms with Crippen molar-refractivity contribution in [3.05, 3.63) is 30.0 Å². The van der Waals surface area contributed by atoms with Crippen molar-refractivity contribution in [2.45, 2.75) is 39.3 Å². The van der Waals surface area contributed by atoms with Crippen molar-refractivity contribution in [3.8, 4) is 0 Å². The Balaban J connectivity index is 2.28. The minimum absolute atomic E-state index is 0.0447. The SMILES string of the molecule is CCOC(C(C)C)C(Cc1nn(C)c2ccccc12)NN. The molecule has 0 fully saturated rings. The van der Waals surface area contributed by atoms with E-state index in [9.17, 15) is 0 Å². The smallest absolute Gasteiger partial charge is 0.0767 e. The van der Waals surface area contributed by atoms with Gasteiger partial charge in [-0.3, -0.25) is 16.0 Å². The quantitative estimate of drug-likeness (QED) is 0.605. The fourth-order valence-electron chi connectivity index (χ4n) is 2.88. The van der Waals surface area contributed by atoms with E-state index >= 15 is 0 Å². The third-order valence-electron chi connectivity index (χ3n) is 3.87. The molecule has 0 saturated carbocycles. The van der Waals surface area contributed by atoms with Gasteiger partial charge >= 0.3 is 0 Å². The molecular formula is C16H26N4O. The summed E-state index contributed by atoms with van der Waals surface area (Å²) in [6, 6.07) is 8.31. The predicted octanol–water partition coefficient (Wildman–Crippen LogP) is 2.01. The van der Waals surface area contributed by atoms with Crippen LogP contribution in [0, 0.1) is 5.92 Å². The van der Waals surface area contributed by atoms with Crippen LogP contribution in [0.3, 0.4) is 0 Å². The first kappa shape index (κ1) is 15.9. The monoisotopic (exact) mass is 290 g/mol. The number of benzene rings is 1. The highest BCUT2D eigenvalue weighted by molar-refractivity contribution is 5.81. The highest BCUT2D eigenvalue weighted by Crippen LogP contribution is 2.21. The van der Waals surface area contributed by atoms with E-state index in [1.54, 1.807) is 0 Å². The molecule has 2 unspecified atom stereocenters. The molecule has 0 aliphatic carbocycles. The zero-order valence-corrected chi connectivity index (χ0v) is 13.3. The van der Waals surface area contributed by atoms with Crippen LogP contribution < -0.4 is 11.3 Å². The summed E-state index contributed by atoms with van der Waals surface area (Å²) in [4.78, 5) is 0. The maximum absolute atomic E-state index is 5.87. The molecular weight excluding hydrogens is 264 g/mol. The number of rotatable bonds is 7. The summed E-state index contributed by atoms with van der Waals surface area (Å²) in [5.74, 6) is 6.17. The highest BCUT2D eigenvalue weighted by Gasteiger charge is 2.26. The van der Waals surface area contributed by atoms with Gasteiger partial charge in [-0.15, -0.1) is 0 Å². The van der Waals surface area contributed by atoms with Gasteiger partial charge in [-0.2, -0.15) is 5.10 Å². The minimum Gasteiger partial charge on any atom is -0.377 e. The Bertz CT molecular complexity index is 579. The zero-order chi connectivity index (χ0) is 15.4. The number of para-hydroxylation sites is 1. The summed E-state index contributed by atoms with van der Waals surface area (Å²) >= 11 is 0. The van der Waals surface area contributed by atoms with Gasteiger partial charge < -0.3 is 4.74 Å². The maximum Gasteiger partial charge on any atom is 0.0767 e. The van der Waals surface area contributed by atoms with Gasteiger partial charge in [0.1, 0.15) is 0 Å². The number of hydrogen-bond donors (Lipinski definition) is 2. The lowest BCUT2D eigenvalue weighted by Crippen LogP contribution is -2.49. The van der Waals surface area contributed by atoms with Gasteiger partial charge in [0.15, 0.2) is 0 Å². The first-order chi connectivity index (χ1) is 10.1. The van der Waals surface area contributed by atoms with E-state index in [0.29, 0.717) is 12.5 Å². The topological polar surface area (TPSA) is 65.1 Å². The molecule has 2 atom stereocenters. The van der Waals surface area contributed by atoms with E-state index in [-0.39, 0.29) is 12.1 Å². The molecule has 2 aromatic rings. The van der Waals surface area contributed by atoms with Crippen molar-refractivity contribution >= 4 is 10.9 Å². The summed E-state index contributed by atoms with van der Waals surface area (Å²) < 4.78 is 7.79. The van der Waals surface area contributed by atoms with Crippen molar-refractivity contribution in [1.82, 2.24) is 15.2 Å². The van der Waals surface area contributed by atoms with Gasteiger partial charge in [-0.1, -0.05) is 32.0 Å². The molecule has 5 heteroatoms. The molecule has 21 heavy (non-hydrogen) atoms. The molecule has 0 spiro atoms. The molecule has 1 aromatic heterocycles. The van der Waals surface area contributed by atoms with Crippen LogP contribution in [0.1, 0.15) is 26.5 Å². The number of nitrogens with two attached hydrogens (primary N) is 1. The van der Waals surface area contributed by atoms with Crippen LogP contribution in [0.25, 0.3) is 10.9 Å². The Kier molecular flexibility index (Phi) is 5.33. The molecule has 5 nitrogen and oxygen atoms in total. The standard InChI is InChI=1S/C16H26N4O/c1-5-21-16(11(2)3)14(18-17)10-13-12-8-6-7-9-15(12)20(4)19-13/h6-9,11,14,16,18H,5,10,17H2,1-4H3. The number of aryl methyl sites for hydroxylation is 1. The Labute approximate surface area is 126 Å². The molecule has 0 aliphatic rings. The lowest BCUT2D eigenvalue weighted by Gasteiger charge is -2.29. The van der Waals surface area contributed by atoms with Crippen molar-refractivity contribution in [3.63, 3.8) is 0 Å². The van der Waals surface area contributed by atoms with Crippen LogP contribution in [0.5, 0.6) is 0 Å². The number of hydrazine groups is 1. The summed E-state index contributed by atoms with van der Waals surface area (Å²) in [5, 5.41) is 5.82. The second-order valence-electron chi connectivity index (χ2n) is 5.73. The lowest BCUT2D eigenvalue weighted by atomic mass is 9.95. The summed E-state index contributed by atoms with van der Waals surface area (Å²) in [7, 11) is 1.97. The van der Waals surface area contributed by atoms with Crippen LogP contribution >= 0.6 is 0 Å². The third-order valence-corrected chi connectivity index (χ3v) is 3.87. The molecule has 1 heterocycles. The number of hydrogen-bond acceptors (Lipinski definition) is 4. The number of fused-ring (bicyclic) bond motifs is 1. The molecule has 0 saturated heterocycles. The van der Waals surface area contributed by atoms with E-state index in [2.05, 4.69) is 36.5 Å². The van der Waals surface area contributed by atoms with E-state index in [0.717, 1.165) is 17.6 Å². The Hall–Kier alpha value is -1.43. The number of nitrogens with one attached hydrogen (secondary N) is 1. The van der Waals surface area contributed by atoms with E-state index in [1.807, 2.05) is 30.8 Å². The van der Waals surface area contributed by atoms with Crippen LogP contribution in [-0.2, 0) is 18.2 Å². The van der Waals surface area contributed by atoms with Gasteiger partial charge in [0.05, 0.1) is 23.4 Å². The van der Waals surface area contributed by atoms with E-state index < -0.39 is 0 Å². The third kappa shape index (κ3) is 3.43. The number of ether oxygens (including phenoxy) is 1. The van der Waals surface area contributed by atoms with Crippen LogP contribution in [0.4, 0.5) is 0 Å². The maximum atomic E-state index is 5.87. The van der Waals surface area contributed by atoms with Crippen LogP contribution in [0.2, 0.25) is 0 Å². The summed E-state index contributed by atoms with van der Waals surface area (Å²) in [6.45, 7) is 7.01. The second-order valence-corrected chi connectivity index (χ2v) is 5.73. The first-order valence-electron chi connectivity index (χ1n) is 7.56. The Morgan fingerprint density at radius 2 is 2.05 bits per heavy atom. The van der Waals surface area contributed by atoms with Crippen LogP contribution in [-0.4, -0.2) is 28.5 Å². The van der Waals surface area contributed by atoms with Gasteiger partial charge in [0.25, 0.3) is 0 Å². The molecule has 0 amide bonds. The first-order valence-corrected chi connectivity index (χ1v) is 7.56. The second kappa shape index (κ2) is 7.02. The molecule has 1 aromatic carbocycles. The fourth-order valence-corrected chi connectivity index (χ4v) is 2.88. The molecule has 2 rings (SSSR count). The largest absolute Gasteiger partial charge is 0.377 e. The zero-order valence-electron chi connectivity index (χ0n) is 13.3. The highest BCUT2D eigenvalue weighted by atomic mass is 16.5. The molecule has 0 bridgehead atoms. The summed E-state index contributed by atoms with van der Waals surface area (Å²) in [5.41, 5.74) is 5.11. The molecule has 116 valence electrons. The van der Waals surface area contributed by atoms with Gasteiger partial charge in [-0.05, 0) is 18.9 Å². The van der Waals surface area contributed by atoms with E-state index in [4.69, 9.17) is 10.6 Å². The lowest BCUT2D eigenvalue weighted by molar-refractivity contribution is 0.00339. The molecule has 3 N–H and O–H groups in total. The molecule has 0 aliphatic heterocycles. The van der Waals surface area contributed by atoms with Gasteiger partial charge in [0.2, 0.25) is 0 Å². The van der Waals surface area contributed by atoms with Crippen molar-refractivity contribution in [1.29, 1.82) is 0 Å². The number of nitrogens with zero attached hydrogens (tertiary/aromatic N) is 2. The van der Waals surface area contributed by atoms with E-state index in [1.165, 1.54) is 5.39 Å². The van der Waals surface area contributed by atoms with Crippen LogP contribution in [0.15, 0.2) is 24.3 Å². The van der Waals surface area contributed by atoms with Crippen molar-refractivity contribution < 1.29 is 4.74 Å². The van der Waals surface area contributed by atoms with Crippen molar-refractivity contribution in [2.24, 2.45) is 18.8 Å². The fraction of sp³-hybridized carbons (Fsp3) is 0.562. The van der Waals surface area contributed by atoms with Gasteiger partial charge in [0, 0.05) is 25.5 Å². The minimum atomic E-state index is 0.0447.